The van der Waals surface area contributed by atoms with Gasteiger partial charge < -0.3 is 20.9 Å². The van der Waals surface area contributed by atoms with Crippen molar-refractivity contribution in [1.29, 1.82) is 0 Å². The molecule has 1 saturated carbocycles. The average molecular weight is 533 g/mol. The lowest BCUT2D eigenvalue weighted by atomic mass is 9.72. The summed E-state index contributed by atoms with van der Waals surface area (Å²) in [5, 5.41) is 10.7. The van der Waals surface area contributed by atoms with E-state index in [4.69, 9.17) is 0 Å². The number of anilines is 1. The van der Waals surface area contributed by atoms with Gasteiger partial charge in [-0.25, -0.2) is 0 Å². The number of allylic oxidation sites excluding steroid dienone is 1. The summed E-state index contributed by atoms with van der Waals surface area (Å²) in [7, 11) is 0. The number of hydrogen-bond acceptors (Lipinski definition) is 4. The number of aryl methyl sites for hydroxylation is 2. The molecule has 1 aliphatic carbocycles. The van der Waals surface area contributed by atoms with Crippen LogP contribution in [0, 0.1) is 13.8 Å². The molecular weight excluding hydrogens is 484 g/mol. The fraction of sp³-hybridized carbons (Fsp3) is 0.576. The summed E-state index contributed by atoms with van der Waals surface area (Å²) >= 11 is 0. The first-order valence-electron chi connectivity index (χ1n) is 14.6. The van der Waals surface area contributed by atoms with Crippen LogP contribution >= 0.6 is 0 Å². The van der Waals surface area contributed by atoms with Gasteiger partial charge in [-0.3, -0.25) is 9.59 Å². The maximum absolute atomic E-state index is 13.9. The average Bonchev–Trinajstić information content (AvgIpc) is 3.30. The Hall–Kier alpha value is -2.86. The molecule has 1 saturated heterocycles. The molecule has 1 aromatic heterocycles. The van der Waals surface area contributed by atoms with Gasteiger partial charge in [-0.05, 0) is 116 Å². The molecule has 0 atom stereocenters. The Bertz CT molecular complexity index is 1290. The van der Waals surface area contributed by atoms with E-state index in [-0.39, 0.29) is 29.1 Å². The second kappa shape index (κ2) is 11.3. The Morgan fingerprint density at radius 3 is 2.26 bits per heavy atom. The Morgan fingerprint density at radius 1 is 1.03 bits per heavy atom. The van der Waals surface area contributed by atoms with Crippen molar-refractivity contribution in [2.24, 2.45) is 0 Å². The van der Waals surface area contributed by atoms with Crippen LogP contribution in [0.15, 0.2) is 28.6 Å². The number of nitrogens with one attached hydrogen (secondary N) is 4. The van der Waals surface area contributed by atoms with Crippen LogP contribution in [0.3, 0.4) is 0 Å². The van der Waals surface area contributed by atoms with Gasteiger partial charge >= 0.3 is 0 Å². The van der Waals surface area contributed by atoms with Crippen molar-refractivity contribution in [3.05, 3.63) is 67.6 Å². The summed E-state index contributed by atoms with van der Waals surface area (Å²) in [4.78, 5) is 29.4. The molecule has 6 nitrogen and oxygen atoms in total. The molecule has 4 rings (SSSR count). The molecule has 0 bridgehead atoms. The summed E-state index contributed by atoms with van der Waals surface area (Å²) in [6, 6.07) is 6.79. The second-order valence-electron chi connectivity index (χ2n) is 13.5. The maximum Gasteiger partial charge on any atom is 0.253 e. The second-order valence-corrected chi connectivity index (χ2v) is 13.5. The van der Waals surface area contributed by atoms with E-state index in [1.54, 1.807) is 0 Å². The van der Waals surface area contributed by atoms with Crippen molar-refractivity contribution >= 4 is 17.7 Å². The molecule has 1 amide bonds. The third-order valence-electron chi connectivity index (χ3n) is 8.18. The molecule has 4 N–H and O–H groups in total. The molecule has 0 spiro atoms. The largest absolute Gasteiger partial charge is 0.382 e. The minimum Gasteiger partial charge on any atom is -0.382 e. The third-order valence-corrected chi connectivity index (χ3v) is 8.18. The van der Waals surface area contributed by atoms with Gasteiger partial charge in [0.25, 0.3) is 11.5 Å². The predicted octanol–water partition coefficient (Wildman–Crippen LogP) is 6.72. The third kappa shape index (κ3) is 7.21. The minimum absolute atomic E-state index is 0.00351. The smallest absolute Gasteiger partial charge is 0.253 e. The zero-order chi connectivity index (χ0) is 28.5. The molecule has 1 aliphatic heterocycles. The van der Waals surface area contributed by atoms with Crippen LogP contribution in [0.1, 0.15) is 124 Å². The van der Waals surface area contributed by atoms with Crippen LogP contribution in [0.4, 0.5) is 5.69 Å². The van der Waals surface area contributed by atoms with Gasteiger partial charge in [0.15, 0.2) is 0 Å². The molecule has 0 unspecified atom stereocenters. The Balaban J connectivity index is 1.77. The lowest BCUT2D eigenvalue weighted by molar-refractivity contribution is 0.0950. The summed E-state index contributed by atoms with van der Waals surface area (Å²) in [6.07, 6.45) is 8.91. The highest BCUT2D eigenvalue weighted by Gasteiger charge is 2.38. The SMILES string of the molecule is CC(C)=Cc1c(NC2CCCC2)cc(C2CC(C)(C)NC(C)(C)C2)cc1C(=O)NCc1c(C)cc(C)[nH]c1=O. The van der Waals surface area contributed by atoms with Gasteiger partial charge in [0.1, 0.15) is 0 Å². The van der Waals surface area contributed by atoms with Crippen molar-refractivity contribution in [3.8, 4) is 0 Å². The van der Waals surface area contributed by atoms with E-state index in [0.29, 0.717) is 23.1 Å². The topological polar surface area (TPSA) is 86.0 Å². The minimum atomic E-state index is -0.148. The number of amides is 1. The number of carbonyl (C=O) groups is 1. The molecule has 39 heavy (non-hydrogen) atoms. The summed E-state index contributed by atoms with van der Waals surface area (Å²) < 4.78 is 0. The van der Waals surface area contributed by atoms with Gasteiger partial charge in [-0.15, -0.1) is 0 Å². The van der Waals surface area contributed by atoms with E-state index in [1.807, 2.05) is 19.9 Å². The number of hydrogen-bond donors (Lipinski definition) is 4. The van der Waals surface area contributed by atoms with Crippen LogP contribution in [-0.2, 0) is 6.54 Å². The highest BCUT2D eigenvalue weighted by Crippen LogP contribution is 2.41. The van der Waals surface area contributed by atoms with Crippen molar-refractivity contribution < 1.29 is 4.79 Å². The fourth-order valence-corrected chi connectivity index (χ4v) is 6.88. The van der Waals surface area contributed by atoms with Gasteiger partial charge in [-0.2, -0.15) is 0 Å². The highest BCUT2D eigenvalue weighted by molar-refractivity contribution is 6.00. The van der Waals surface area contributed by atoms with Crippen molar-refractivity contribution in [1.82, 2.24) is 15.6 Å². The van der Waals surface area contributed by atoms with Gasteiger partial charge in [0.05, 0.1) is 0 Å². The van der Waals surface area contributed by atoms with E-state index in [0.717, 1.165) is 53.8 Å². The standard InChI is InChI=1S/C33H48N4O2/c1-20(2)13-26-27(30(38)34-19-28-21(3)14-22(4)35-31(28)39)15-23(16-29(26)36-25-11-9-10-12-25)24-17-32(5,6)37-33(7,8)18-24/h13-16,24-25,36-37H,9-12,17-19H2,1-8H3,(H,34,38)(H,35,39). The monoisotopic (exact) mass is 532 g/mol. The summed E-state index contributed by atoms with van der Waals surface area (Å²) in [5.41, 5.74) is 7.15. The van der Waals surface area contributed by atoms with E-state index in [9.17, 15) is 9.59 Å². The zero-order valence-corrected chi connectivity index (χ0v) is 25.2. The number of carbonyl (C=O) groups excluding carboxylic acids is 1. The number of benzene rings is 1. The van der Waals surface area contributed by atoms with E-state index in [2.05, 4.69) is 80.7 Å². The number of H-pyrrole nitrogens is 1. The molecule has 6 heteroatoms. The van der Waals surface area contributed by atoms with Gasteiger partial charge in [-0.1, -0.05) is 24.5 Å². The normalized spacial score (nSPS) is 19.1. The molecule has 212 valence electrons. The Morgan fingerprint density at radius 2 is 1.67 bits per heavy atom. The van der Waals surface area contributed by atoms with E-state index in [1.165, 1.54) is 18.4 Å². The number of aromatic nitrogens is 1. The molecule has 2 aliphatic rings. The number of pyridine rings is 1. The van der Waals surface area contributed by atoms with Crippen molar-refractivity contribution in [3.63, 3.8) is 0 Å². The lowest BCUT2D eigenvalue weighted by Crippen LogP contribution is -2.57. The van der Waals surface area contributed by atoms with Crippen LogP contribution in [-0.4, -0.2) is 28.0 Å². The van der Waals surface area contributed by atoms with Crippen LogP contribution < -0.4 is 21.5 Å². The summed E-state index contributed by atoms with van der Waals surface area (Å²) in [6.45, 7) is 17.2. The first-order valence-corrected chi connectivity index (χ1v) is 14.6. The first kappa shape index (κ1) is 29.1. The number of rotatable bonds is 7. The number of piperidine rings is 1. The molecule has 2 aromatic rings. The molecular formula is C33H48N4O2. The zero-order valence-electron chi connectivity index (χ0n) is 25.2. The summed E-state index contributed by atoms with van der Waals surface area (Å²) in [5.74, 6) is 0.181. The Labute approximate surface area is 234 Å². The van der Waals surface area contributed by atoms with Crippen LogP contribution in [0.2, 0.25) is 0 Å². The lowest BCUT2D eigenvalue weighted by Gasteiger charge is -2.47. The van der Waals surface area contributed by atoms with Gasteiger partial charge in [0.2, 0.25) is 0 Å². The quantitative estimate of drug-likeness (QED) is 0.319. The molecule has 2 heterocycles. The predicted molar refractivity (Wildman–Crippen MR) is 163 cm³/mol. The van der Waals surface area contributed by atoms with E-state index >= 15 is 0 Å². The fourth-order valence-electron chi connectivity index (χ4n) is 6.88. The first-order chi connectivity index (χ1) is 18.2. The van der Waals surface area contributed by atoms with E-state index < -0.39 is 0 Å². The Kier molecular flexibility index (Phi) is 8.46. The van der Waals surface area contributed by atoms with Crippen LogP contribution in [0.5, 0.6) is 0 Å². The van der Waals surface area contributed by atoms with Crippen LogP contribution in [0.25, 0.3) is 6.08 Å². The van der Waals surface area contributed by atoms with Crippen molar-refractivity contribution in [2.45, 2.75) is 123 Å². The number of aromatic amines is 1. The van der Waals surface area contributed by atoms with Crippen molar-refractivity contribution in [2.75, 3.05) is 5.32 Å². The molecule has 0 radical (unpaired) electrons. The molecule has 1 aromatic carbocycles. The highest BCUT2D eigenvalue weighted by atomic mass is 16.1. The molecule has 2 fully saturated rings. The maximum atomic E-state index is 13.9. The van der Waals surface area contributed by atoms with Gasteiger partial charge in [0, 0.05) is 51.7 Å².